The first-order valence-electron chi connectivity index (χ1n) is 7.81. The average Bonchev–Trinajstić information content (AvgIpc) is 2.63. The number of hydrogen-bond acceptors (Lipinski definition) is 6. The van der Waals surface area contributed by atoms with E-state index in [4.69, 9.17) is 27.9 Å². The van der Waals surface area contributed by atoms with E-state index in [0.717, 1.165) is 11.8 Å². The highest BCUT2D eigenvalue weighted by molar-refractivity contribution is 7.98. The van der Waals surface area contributed by atoms with E-state index >= 15 is 0 Å². The van der Waals surface area contributed by atoms with Crippen molar-refractivity contribution in [2.75, 3.05) is 31.0 Å². The summed E-state index contributed by atoms with van der Waals surface area (Å²) in [6, 6.07) is 6.01. The summed E-state index contributed by atoms with van der Waals surface area (Å²) in [5.41, 5.74) is 0.381. The van der Waals surface area contributed by atoms with Crippen molar-refractivity contribution in [3.63, 3.8) is 0 Å². The summed E-state index contributed by atoms with van der Waals surface area (Å²) in [5, 5.41) is 0.305. The summed E-state index contributed by atoms with van der Waals surface area (Å²) in [6.45, 7) is 1.17. The molecular formula is C15H15Cl2FN4O3S2. The Morgan fingerprint density at radius 3 is 2.74 bits per heavy atom. The normalized spacial score (nSPS) is 15.7. The molecule has 2 aromatic rings. The zero-order valence-corrected chi connectivity index (χ0v) is 17.0. The fraction of sp³-hybridized carbons (Fsp3) is 0.333. The molecule has 2 heterocycles. The number of aromatic nitrogens is 2. The molecule has 3 rings (SSSR count). The smallest absolute Gasteiger partial charge is 0.302 e. The number of nitrogens with one attached hydrogen (secondary N) is 1. The first-order chi connectivity index (χ1) is 12.8. The minimum Gasteiger partial charge on any atom is -0.379 e. The van der Waals surface area contributed by atoms with E-state index in [0.29, 0.717) is 18.8 Å². The molecule has 27 heavy (non-hydrogen) atoms. The summed E-state index contributed by atoms with van der Waals surface area (Å²) in [5.74, 6) is -0.264. The van der Waals surface area contributed by atoms with E-state index in [9.17, 15) is 12.8 Å². The molecular weight excluding hydrogens is 438 g/mol. The Labute approximate surface area is 170 Å². The Kier molecular flexibility index (Phi) is 6.77. The number of hydrogen-bond donors (Lipinski definition) is 1. The number of rotatable bonds is 6. The molecule has 1 aromatic heterocycles. The number of morpholine rings is 1. The van der Waals surface area contributed by atoms with Gasteiger partial charge in [0.2, 0.25) is 0 Å². The number of nitrogens with zero attached hydrogens (tertiary/aromatic N) is 3. The lowest BCUT2D eigenvalue weighted by atomic mass is 10.2. The van der Waals surface area contributed by atoms with Gasteiger partial charge in [-0.25, -0.2) is 14.4 Å². The van der Waals surface area contributed by atoms with E-state index in [1.807, 2.05) is 0 Å². The van der Waals surface area contributed by atoms with Gasteiger partial charge in [-0.1, -0.05) is 47.1 Å². The number of halogens is 3. The Bertz CT molecular complexity index is 927. The largest absolute Gasteiger partial charge is 0.379 e. The third-order valence-electron chi connectivity index (χ3n) is 3.61. The summed E-state index contributed by atoms with van der Waals surface area (Å²) in [4.78, 5) is 8.18. The first kappa shape index (κ1) is 20.6. The van der Waals surface area contributed by atoms with Crippen molar-refractivity contribution in [1.82, 2.24) is 14.3 Å². The molecule has 1 saturated heterocycles. The summed E-state index contributed by atoms with van der Waals surface area (Å²) < 4.78 is 47.6. The fourth-order valence-electron chi connectivity index (χ4n) is 2.30. The van der Waals surface area contributed by atoms with Gasteiger partial charge in [0.05, 0.1) is 18.2 Å². The van der Waals surface area contributed by atoms with E-state index in [1.54, 1.807) is 12.1 Å². The van der Waals surface area contributed by atoms with Crippen molar-refractivity contribution in [3.05, 3.63) is 45.8 Å². The Balaban J connectivity index is 1.73. The van der Waals surface area contributed by atoms with Crippen molar-refractivity contribution >= 4 is 51.0 Å². The number of thioether (sulfide) groups is 1. The minimum atomic E-state index is -3.78. The van der Waals surface area contributed by atoms with Crippen LogP contribution in [0.2, 0.25) is 10.2 Å². The second kappa shape index (κ2) is 8.89. The van der Waals surface area contributed by atoms with Crippen molar-refractivity contribution < 1.29 is 17.5 Å². The van der Waals surface area contributed by atoms with Crippen molar-refractivity contribution in [3.8, 4) is 0 Å². The molecule has 0 aliphatic carbocycles. The second-order valence-corrected chi connectivity index (χ2v) is 8.89. The third kappa shape index (κ3) is 5.43. The lowest BCUT2D eigenvalue weighted by Gasteiger charge is -2.26. The van der Waals surface area contributed by atoms with Gasteiger partial charge in [-0.2, -0.15) is 12.7 Å². The van der Waals surface area contributed by atoms with Gasteiger partial charge in [0, 0.05) is 24.9 Å². The Morgan fingerprint density at radius 1 is 1.26 bits per heavy atom. The SMILES string of the molecule is O=S(=O)(Nc1cc(Cl)nc(SCc2cccc(Cl)c2F)n1)N1CCOCC1. The fourth-order valence-corrected chi connectivity index (χ4v) is 4.69. The molecule has 1 aliphatic rings. The zero-order valence-electron chi connectivity index (χ0n) is 13.9. The van der Waals surface area contributed by atoms with Gasteiger partial charge in [0.15, 0.2) is 5.16 Å². The van der Waals surface area contributed by atoms with Gasteiger partial charge in [-0.3, -0.25) is 4.72 Å². The van der Waals surface area contributed by atoms with Crippen molar-refractivity contribution in [2.24, 2.45) is 0 Å². The number of ether oxygens (including phenoxy) is 1. The van der Waals surface area contributed by atoms with Crippen LogP contribution in [0.4, 0.5) is 10.2 Å². The van der Waals surface area contributed by atoms with Crippen LogP contribution in [-0.4, -0.2) is 49.0 Å². The van der Waals surface area contributed by atoms with E-state index in [-0.39, 0.29) is 40.0 Å². The van der Waals surface area contributed by atoms with E-state index in [2.05, 4.69) is 14.7 Å². The standard InChI is InChI=1S/C15H15Cl2FN4O3S2/c16-11-3-1-2-10(14(11)18)9-26-15-19-12(17)8-13(20-15)21-27(23,24)22-4-6-25-7-5-22/h1-3,8H,4-7,9H2,(H,19,20,21). The highest BCUT2D eigenvalue weighted by Crippen LogP contribution is 2.27. The molecule has 1 fully saturated rings. The molecule has 0 spiro atoms. The molecule has 1 N–H and O–H groups in total. The third-order valence-corrected chi connectivity index (χ3v) is 6.50. The monoisotopic (exact) mass is 452 g/mol. The molecule has 0 saturated carbocycles. The maximum atomic E-state index is 14.0. The lowest BCUT2D eigenvalue weighted by molar-refractivity contribution is 0.0733. The highest BCUT2D eigenvalue weighted by Gasteiger charge is 2.25. The highest BCUT2D eigenvalue weighted by atomic mass is 35.5. The van der Waals surface area contributed by atoms with Crippen molar-refractivity contribution in [1.29, 1.82) is 0 Å². The molecule has 0 bridgehead atoms. The molecule has 0 atom stereocenters. The zero-order chi connectivity index (χ0) is 19.4. The van der Waals surface area contributed by atoms with Crippen LogP contribution in [0.1, 0.15) is 5.56 Å². The Hall–Kier alpha value is -1.17. The van der Waals surface area contributed by atoms with Gasteiger partial charge >= 0.3 is 10.2 Å². The summed E-state index contributed by atoms with van der Waals surface area (Å²) >= 11 is 12.9. The second-order valence-electron chi connectivity index (χ2n) is 5.48. The predicted molar refractivity (Wildman–Crippen MR) is 103 cm³/mol. The Morgan fingerprint density at radius 2 is 2.00 bits per heavy atom. The van der Waals surface area contributed by atoms with Crippen LogP contribution < -0.4 is 4.72 Å². The molecule has 1 aliphatic heterocycles. The van der Waals surface area contributed by atoms with Gasteiger partial charge in [-0.05, 0) is 11.6 Å². The van der Waals surface area contributed by atoms with Crippen LogP contribution in [0, 0.1) is 5.82 Å². The minimum absolute atomic E-state index is 0.0269. The molecule has 1 aromatic carbocycles. The maximum Gasteiger partial charge on any atom is 0.302 e. The van der Waals surface area contributed by atoms with E-state index in [1.165, 1.54) is 16.4 Å². The first-order valence-corrected chi connectivity index (χ1v) is 11.0. The van der Waals surface area contributed by atoms with Crippen LogP contribution in [0.25, 0.3) is 0 Å². The quantitative estimate of drug-likeness (QED) is 0.411. The van der Waals surface area contributed by atoms with Gasteiger partial charge in [0.1, 0.15) is 16.8 Å². The van der Waals surface area contributed by atoms with Crippen LogP contribution >= 0.6 is 35.0 Å². The number of anilines is 1. The maximum absolute atomic E-state index is 14.0. The van der Waals surface area contributed by atoms with Crippen LogP contribution in [0.3, 0.4) is 0 Å². The molecule has 12 heteroatoms. The van der Waals surface area contributed by atoms with E-state index < -0.39 is 16.0 Å². The van der Waals surface area contributed by atoms with Gasteiger partial charge in [-0.15, -0.1) is 0 Å². The lowest BCUT2D eigenvalue weighted by Crippen LogP contribution is -2.43. The molecule has 7 nitrogen and oxygen atoms in total. The van der Waals surface area contributed by atoms with Crippen LogP contribution in [0.5, 0.6) is 0 Å². The van der Waals surface area contributed by atoms with Crippen LogP contribution in [0.15, 0.2) is 29.4 Å². The van der Waals surface area contributed by atoms with Crippen molar-refractivity contribution in [2.45, 2.75) is 10.9 Å². The molecule has 0 amide bonds. The molecule has 146 valence electrons. The topological polar surface area (TPSA) is 84.4 Å². The average molecular weight is 453 g/mol. The summed E-state index contributed by atoms with van der Waals surface area (Å²) in [7, 11) is -3.78. The molecule has 0 unspecified atom stereocenters. The molecule has 0 radical (unpaired) electrons. The number of benzene rings is 1. The van der Waals surface area contributed by atoms with Crippen LogP contribution in [-0.2, 0) is 20.7 Å². The summed E-state index contributed by atoms with van der Waals surface area (Å²) in [6.07, 6.45) is 0. The predicted octanol–water partition coefficient (Wildman–Crippen LogP) is 3.20. The van der Waals surface area contributed by atoms with Gasteiger partial charge in [0.25, 0.3) is 0 Å². The van der Waals surface area contributed by atoms with Gasteiger partial charge < -0.3 is 4.74 Å².